The Balaban J connectivity index is 2.29. The molecule has 0 aliphatic heterocycles. The van der Waals surface area contributed by atoms with Gasteiger partial charge in [-0.3, -0.25) is 5.10 Å². The Kier molecular flexibility index (Phi) is 3.10. The van der Waals surface area contributed by atoms with Crippen LogP contribution in [0.25, 0.3) is 11.3 Å². The number of carbonyl (C=O) groups excluding carboxylic acids is 1. The lowest BCUT2D eigenvalue weighted by Gasteiger charge is -2.01. The number of benzene rings is 1. The van der Waals surface area contributed by atoms with Gasteiger partial charge in [0.15, 0.2) is 0 Å². The van der Waals surface area contributed by atoms with Crippen LogP contribution in [-0.4, -0.2) is 16.5 Å². The van der Waals surface area contributed by atoms with Crippen molar-refractivity contribution in [1.29, 1.82) is 0 Å². The summed E-state index contributed by atoms with van der Waals surface area (Å²) in [6.45, 7) is 0. The first-order valence-corrected chi connectivity index (χ1v) is 5.03. The van der Waals surface area contributed by atoms with Crippen LogP contribution in [0, 0.1) is 5.82 Å². The largest absolute Gasteiger partial charge is 0.303 e. The average Bonchev–Trinajstić information content (AvgIpc) is 2.75. The molecule has 0 bridgehead atoms. The maximum atomic E-state index is 12.8. The van der Waals surface area contributed by atoms with Crippen LogP contribution < -0.4 is 0 Å². The third-order valence-corrected chi connectivity index (χ3v) is 2.38. The van der Waals surface area contributed by atoms with Gasteiger partial charge in [0.2, 0.25) is 0 Å². The molecule has 0 aliphatic carbocycles. The molecule has 2 rings (SSSR count). The van der Waals surface area contributed by atoms with Crippen molar-refractivity contribution in [3.05, 3.63) is 41.8 Å². The number of carbonyl (C=O) groups is 1. The summed E-state index contributed by atoms with van der Waals surface area (Å²) in [6, 6.07) is 6.18. The molecule has 0 aliphatic rings. The van der Waals surface area contributed by atoms with Gasteiger partial charge >= 0.3 is 0 Å². The van der Waals surface area contributed by atoms with E-state index in [1.165, 1.54) is 12.1 Å². The molecule has 0 saturated carbocycles. The fourth-order valence-electron chi connectivity index (χ4n) is 1.58. The molecule has 0 atom stereocenters. The molecular formula is C12H11FN2O. The van der Waals surface area contributed by atoms with E-state index < -0.39 is 0 Å². The first-order valence-electron chi connectivity index (χ1n) is 5.03. The number of H-pyrrole nitrogens is 1. The topological polar surface area (TPSA) is 45.8 Å². The van der Waals surface area contributed by atoms with E-state index >= 15 is 0 Å². The van der Waals surface area contributed by atoms with Crippen molar-refractivity contribution in [3.63, 3.8) is 0 Å². The quantitative estimate of drug-likeness (QED) is 0.800. The molecule has 3 nitrogen and oxygen atoms in total. The number of nitrogens with one attached hydrogen (secondary N) is 1. The Morgan fingerprint density at radius 3 is 2.75 bits per heavy atom. The highest BCUT2D eigenvalue weighted by Gasteiger charge is 2.07. The van der Waals surface area contributed by atoms with Gasteiger partial charge in [0.25, 0.3) is 0 Å². The summed E-state index contributed by atoms with van der Waals surface area (Å²) in [5.74, 6) is -0.266. The van der Waals surface area contributed by atoms with Crippen molar-refractivity contribution in [3.8, 4) is 11.3 Å². The van der Waals surface area contributed by atoms with E-state index in [0.29, 0.717) is 12.8 Å². The van der Waals surface area contributed by atoms with Gasteiger partial charge in [-0.2, -0.15) is 5.10 Å². The molecule has 0 radical (unpaired) electrons. The normalized spacial score (nSPS) is 10.3. The van der Waals surface area contributed by atoms with Crippen molar-refractivity contribution in [2.24, 2.45) is 0 Å². The zero-order chi connectivity index (χ0) is 11.4. The number of rotatable bonds is 4. The van der Waals surface area contributed by atoms with Gasteiger partial charge in [0, 0.05) is 12.0 Å². The van der Waals surface area contributed by atoms with Gasteiger partial charge in [-0.25, -0.2) is 4.39 Å². The molecule has 0 saturated heterocycles. The summed E-state index contributed by atoms with van der Waals surface area (Å²) in [5, 5.41) is 6.80. The third-order valence-electron chi connectivity index (χ3n) is 2.38. The fourth-order valence-corrected chi connectivity index (χ4v) is 1.58. The van der Waals surface area contributed by atoms with Gasteiger partial charge in [-0.05, 0) is 36.2 Å². The lowest BCUT2D eigenvalue weighted by Crippen LogP contribution is -1.88. The van der Waals surface area contributed by atoms with Crippen LogP contribution in [0.2, 0.25) is 0 Å². The first kappa shape index (κ1) is 10.5. The smallest absolute Gasteiger partial charge is 0.123 e. The molecular weight excluding hydrogens is 207 g/mol. The van der Waals surface area contributed by atoms with E-state index in [-0.39, 0.29) is 5.82 Å². The van der Waals surface area contributed by atoms with Gasteiger partial charge in [0.1, 0.15) is 12.1 Å². The third kappa shape index (κ3) is 2.16. The number of nitrogens with zero attached hydrogens (tertiary/aromatic N) is 1. The van der Waals surface area contributed by atoms with E-state index in [1.54, 1.807) is 18.3 Å². The first-order chi connectivity index (χ1) is 7.81. The predicted octanol–water partition coefficient (Wildman–Crippen LogP) is 2.35. The van der Waals surface area contributed by atoms with Crippen molar-refractivity contribution in [2.45, 2.75) is 12.8 Å². The van der Waals surface area contributed by atoms with Crippen molar-refractivity contribution < 1.29 is 9.18 Å². The highest BCUT2D eigenvalue weighted by Crippen LogP contribution is 2.21. The number of aryl methyl sites for hydroxylation is 1. The lowest BCUT2D eigenvalue weighted by molar-refractivity contribution is -0.107. The minimum Gasteiger partial charge on any atom is -0.303 e. The highest BCUT2D eigenvalue weighted by atomic mass is 19.1. The van der Waals surface area contributed by atoms with Crippen LogP contribution >= 0.6 is 0 Å². The Hall–Kier alpha value is -1.97. The summed E-state index contributed by atoms with van der Waals surface area (Å²) in [5.41, 5.74) is 2.69. The van der Waals surface area contributed by atoms with Gasteiger partial charge in [-0.1, -0.05) is 0 Å². The van der Waals surface area contributed by atoms with Gasteiger partial charge < -0.3 is 4.79 Å². The van der Waals surface area contributed by atoms with Crippen LogP contribution in [0.3, 0.4) is 0 Å². The zero-order valence-electron chi connectivity index (χ0n) is 8.61. The fraction of sp³-hybridized carbons (Fsp3) is 0.167. The molecule has 1 N–H and O–H groups in total. The standard InChI is InChI=1S/C12H11FN2O/c13-11-5-3-9(4-6-11)12-10(2-1-7-16)8-14-15-12/h3-8H,1-2H2,(H,14,15). The van der Waals surface area contributed by atoms with Crippen LogP contribution in [0.4, 0.5) is 4.39 Å². The molecule has 0 fully saturated rings. The van der Waals surface area contributed by atoms with E-state index in [9.17, 15) is 9.18 Å². The Labute approximate surface area is 92.3 Å². The van der Waals surface area contributed by atoms with E-state index in [1.807, 2.05) is 0 Å². The Bertz CT molecular complexity index is 476. The van der Waals surface area contributed by atoms with E-state index in [0.717, 1.165) is 23.1 Å². The van der Waals surface area contributed by atoms with Crippen LogP contribution in [-0.2, 0) is 11.2 Å². The second kappa shape index (κ2) is 4.70. The molecule has 2 aromatic rings. The Morgan fingerprint density at radius 2 is 2.06 bits per heavy atom. The lowest BCUT2D eigenvalue weighted by atomic mass is 10.1. The SMILES string of the molecule is O=CCCc1cn[nH]c1-c1ccc(F)cc1. The molecule has 0 amide bonds. The Morgan fingerprint density at radius 1 is 1.31 bits per heavy atom. The number of aromatic nitrogens is 2. The predicted molar refractivity (Wildman–Crippen MR) is 58.4 cm³/mol. The van der Waals surface area contributed by atoms with Crippen LogP contribution in [0.1, 0.15) is 12.0 Å². The zero-order valence-corrected chi connectivity index (χ0v) is 8.61. The minimum absolute atomic E-state index is 0.266. The second-order valence-corrected chi connectivity index (χ2v) is 3.48. The van der Waals surface area contributed by atoms with E-state index in [4.69, 9.17) is 0 Å². The summed E-state index contributed by atoms with van der Waals surface area (Å²) in [4.78, 5) is 10.3. The van der Waals surface area contributed by atoms with Crippen molar-refractivity contribution >= 4 is 6.29 Å². The monoisotopic (exact) mass is 218 g/mol. The number of aldehydes is 1. The van der Waals surface area contributed by atoms with Crippen molar-refractivity contribution in [2.75, 3.05) is 0 Å². The number of aromatic amines is 1. The van der Waals surface area contributed by atoms with Gasteiger partial charge in [-0.15, -0.1) is 0 Å². The summed E-state index contributed by atoms with van der Waals surface area (Å²) in [7, 11) is 0. The van der Waals surface area contributed by atoms with Crippen molar-refractivity contribution in [1.82, 2.24) is 10.2 Å². The summed E-state index contributed by atoms with van der Waals surface area (Å²) < 4.78 is 12.8. The average molecular weight is 218 g/mol. The number of hydrogen-bond donors (Lipinski definition) is 1. The maximum absolute atomic E-state index is 12.8. The molecule has 16 heavy (non-hydrogen) atoms. The molecule has 82 valence electrons. The molecule has 1 heterocycles. The second-order valence-electron chi connectivity index (χ2n) is 3.48. The molecule has 0 unspecified atom stereocenters. The minimum atomic E-state index is -0.266. The molecule has 4 heteroatoms. The maximum Gasteiger partial charge on any atom is 0.123 e. The number of hydrogen-bond acceptors (Lipinski definition) is 2. The molecule has 1 aromatic heterocycles. The molecule has 1 aromatic carbocycles. The van der Waals surface area contributed by atoms with Crippen LogP contribution in [0.15, 0.2) is 30.5 Å². The molecule has 0 spiro atoms. The summed E-state index contributed by atoms with van der Waals surface area (Å²) in [6.07, 6.45) is 3.68. The van der Waals surface area contributed by atoms with E-state index in [2.05, 4.69) is 10.2 Å². The highest BCUT2D eigenvalue weighted by molar-refractivity contribution is 5.63. The van der Waals surface area contributed by atoms with Crippen LogP contribution in [0.5, 0.6) is 0 Å². The number of halogens is 1. The van der Waals surface area contributed by atoms with Gasteiger partial charge in [0.05, 0.1) is 11.9 Å². The summed E-state index contributed by atoms with van der Waals surface area (Å²) >= 11 is 0.